The van der Waals surface area contributed by atoms with Gasteiger partial charge >= 0.3 is 12.0 Å². The molecular weight excluding hydrogens is 244 g/mol. The molecule has 0 radical (unpaired) electrons. The summed E-state index contributed by atoms with van der Waals surface area (Å²) in [6.07, 6.45) is 2.01. The Morgan fingerprint density at radius 1 is 1.26 bits per heavy atom. The van der Waals surface area contributed by atoms with Crippen LogP contribution in [0.2, 0.25) is 0 Å². The van der Waals surface area contributed by atoms with E-state index in [0.717, 1.165) is 18.5 Å². The molecular formula is C14H18N2O3. The van der Waals surface area contributed by atoms with Gasteiger partial charge in [0.2, 0.25) is 0 Å². The minimum Gasteiger partial charge on any atom is -0.481 e. The summed E-state index contributed by atoms with van der Waals surface area (Å²) >= 11 is 0. The van der Waals surface area contributed by atoms with Crippen LogP contribution in [-0.4, -0.2) is 41.6 Å². The molecule has 0 saturated heterocycles. The van der Waals surface area contributed by atoms with Crippen molar-refractivity contribution in [3.8, 4) is 0 Å². The third-order valence-electron chi connectivity index (χ3n) is 3.24. The van der Waals surface area contributed by atoms with Crippen LogP contribution in [0.5, 0.6) is 0 Å². The van der Waals surface area contributed by atoms with Gasteiger partial charge in [0, 0.05) is 25.3 Å². The number of rotatable bonds is 5. The van der Waals surface area contributed by atoms with Crippen LogP contribution >= 0.6 is 0 Å². The number of hydrogen-bond acceptors (Lipinski definition) is 2. The van der Waals surface area contributed by atoms with Gasteiger partial charge in [-0.3, -0.25) is 9.69 Å². The molecule has 1 aliphatic rings. The summed E-state index contributed by atoms with van der Waals surface area (Å²) in [5, 5.41) is 8.80. The number of hydrogen-bond donors (Lipinski definition) is 1. The van der Waals surface area contributed by atoms with Gasteiger partial charge < -0.3 is 10.0 Å². The minimum absolute atomic E-state index is 0.0564. The number of benzene rings is 1. The van der Waals surface area contributed by atoms with E-state index in [1.54, 1.807) is 11.9 Å². The number of anilines is 1. The van der Waals surface area contributed by atoms with Crippen LogP contribution in [-0.2, 0) is 4.79 Å². The fourth-order valence-corrected chi connectivity index (χ4v) is 1.96. The van der Waals surface area contributed by atoms with Gasteiger partial charge in [-0.2, -0.15) is 0 Å². The van der Waals surface area contributed by atoms with Crippen molar-refractivity contribution in [2.45, 2.75) is 25.3 Å². The second-order valence-corrected chi connectivity index (χ2v) is 4.76. The number of carboxylic acid groups (broad SMARTS) is 1. The predicted octanol–water partition coefficient (Wildman–Crippen LogP) is 2.18. The third-order valence-corrected chi connectivity index (χ3v) is 3.24. The summed E-state index contributed by atoms with van der Waals surface area (Å²) in [4.78, 5) is 26.4. The van der Waals surface area contributed by atoms with E-state index in [4.69, 9.17) is 5.11 Å². The zero-order valence-corrected chi connectivity index (χ0v) is 11.0. The molecule has 0 unspecified atom stereocenters. The lowest BCUT2D eigenvalue weighted by molar-refractivity contribution is -0.136. The van der Waals surface area contributed by atoms with E-state index >= 15 is 0 Å². The van der Waals surface area contributed by atoms with Crippen LogP contribution in [0.15, 0.2) is 30.3 Å². The maximum atomic E-state index is 12.4. The van der Waals surface area contributed by atoms with Gasteiger partial charge in [0.1, 0.15) is 0 Å². The Balaban J connectivity index is 2.13. The average molecular weight is 262 g/mol. The van der Waals surface area contributed by atoms with Gasteiger partial charge in [0.25, 0.3) is 0 Å². The van der Waals surface area contributed by atoms with Crippen LogP contribution in [0.4, 0.5) is 10.5 Å². The van der Waals surface area contributed by atoms with E-state index in [2.05, 4.69) is 0 Å². The largest absolute Gasteiger partial charge is 0.481 e. The zero-order valence-electron chi connectivity index (χ0n) is 11.0. The Kier molecular flexibility index (Phi) is 4.04. The lowest BCUT2D eigenvalue weighted by Gasteiger charge is -2.28. The Hall–Kier alpha value is -2.04. The van der Waals surface area contributed by atoms with Crippen LogP contribution in [0.25, 0.3) is 0 Å². The average Bonchev–Trinajstić information content (AvgIpc) is 3.23. The van der Waals surface area contributed by atoms with E-state index in [9.17, 15) is 9.59 Å². The van der Waals surface area contributed by atoms with Crippen molar-refractivity contribution < 1.29 is 14.7 Å². The second kappa shape index (κ2) is 5.73. The van der Waals surface area contributed by atoms with Gasteiger partial charge in [-0.05, 0) is 25.0 Å². The summed E-state index contributed by atoms with van der Waals surface area (Å²) in [5.74, 6) is -0.900. The van der Waals surface area contributed by atoms with E-state index in [0.29, 0.717) is 6.04 Å². The quantitative estimate of drug-likeness (QED) is 0.884. The van der Waals surface area contributed by atoms with Crippen molar-refractivity contribution in [1.29, 1.82) is 0 Å². The normalized spacial score (nSPS) is 13.9. The number of carbonyl (C=O) groups excluding carboxylic acids is 1. The molecule has 0 heterocycles. The van der Waals surface area contributed by atoms with Gasteiger partial charge in [0.15, 0.2) is 0 Å². The van der Waals surface area contributed by atoms with Crippen molar-refractivity contribution in [1.82, 2.24) is 4.90 Å². The van der Waals surface area contributed by atoms with Gasteiger partial charge in [-0.1, -0.05) is 18.2 Å². The van der Waals surface area contributed by atoms with Crippen molar-refractivity contribution in [2.24, 2.45) is 0 Å². The van der Waals surface area contributed by atoms with E-state index in [-0.39, 0.29) is 19.0 Å². The SMILES string of the molecule is CN(C(=O)N(CCC(=O)O)c1ccccc1)C1CC1. The first-order chi connectivity index (χ1) is 9.09. The van der Waals surface area contributed by atoms with Crippen LogP contribution in [0.1, 0.15) is 19.3 Å². The van der Waals surface area contributed by atoms with Crippen LogP contribution in [0, 0.1) is 0 Å². The van der Waals surface area contributed by atoms with Gasteiger partial charge in [0.05, 0.1) is 6.42 Å². The smallest absolute Gasteiger partial charge is 0.324 e. The highest BCUT2D eigenvalue weighted by molar-refractivity contribution is 5.92. The second-order valence-electron chi connectivity index (χ2n) is 4.76. The topological polar surface area (TPSA) is 60.9 Å². The molecule has 5 nitrogen and oxygen atoms in total. The van der Waals surface area contributed by atoms with E-state index < -0.39 is 5.97 Å². The Morgan fingerprint density at radius 2 is 1.89 bits per heavy atom. The Labute approximate surface area is 112 Å². The highest BCUT2D eigenvalue weighted by Gasteiger charge is 2.32. The van der Waals surface area contributed by atoms with Gasteiger partial charge in [-0.15, -0.1) is 0 Å². The van der Waals surface area contributed by atoms with Crippen LogP contribution < -0.4 is 4.90 Å². The summed E-state index contributed by atoms with van der Waals surface area (Å²) in [5.41, 5.74) is 0.737. The molecule has 1 aromatic rings. The number of carboxylic acids is 1. The molecule has 0 aromatic heterocycles. The molecule has 0 aliphatic heterocycles. The van der Waals surface area contributed by atoms with Gasteiger partial charge in [-0.25, -0.2) is 4.79 Å². The highest BCUT2D eigenvalue weighted by Crippen LogP contribution is 2.27. The Morgan fingerprint density at radius 3 is 2.42 bits per heavy atom. The molecule has 1 N–H and O–H groups in total. The number of aliphatic carboxylic acids is 1. The minimum atomic E-state index is -0.900. The molecule has 19 heavy (non-hydrogen) atoms. The number of para-hydroxylation sites is 1. The van der Waals surface area contributed by atoms with Crippen molar-refractivity contribution in [3.05, 3.63) is 30.3 Å². The monoisotopic (exact) mass is 262 g/mol. The molecule has 1 aromatic carbocycles. The first-order valence-electron chi connectivity index (χ1n) is 6.41. The van der Waals surface area contributed by atoms with E-state index in [1.165, 1.54) is 4.90 Å². The third kappa shape index (κ3) is 3.47. The number of nitrogens with zero attached hydrogens (tertiary/aromatic N) is 2. The van der Waals surface area contributed by atoms with Crippen molar-refractivity contribution in [3.63, 3.8) is 0 Å². The number of carbonyl (C=O) groups is 2. The fourth-order valence-electron chi connectivity index (χ4n) is 1.96. The summed E-state index contributed by atoms with van der Waals surface area (Å²) in [6.45, 7) is 0.190. The van der Waals surface area contributed by atoms with E-state index in [1.807, 2.05) is 30.3 Å². The number of urea groups is 1. The summed E-state index contributed by atoms with van der Waals surface area (Å²) < 4.78 is 0. The molecule has 102 valence electrons. The lowest BCUT2D eigenvalue weighted by Crippen LogP contribution is -2.43. The molecule has 1 fully saturated rings. The maximum Gasteiger partial charge on any atom is 0.324 e. The zero-order chi connectivity index (χ0) is 13.8. The molecule has 1 aliphatic carbocycles. The Bertz CT molecular complexity index is 457. The van der Waals surface area contributed by atoms with Crippen LogP contribution in [0.3, 0.4) is 0 Å². The van der Waals surface area contributed by atoms with Crippen molar-refractivity contribution in [2.75, 3.05) is 18.5 Å². The molecule has 5 heteroatoms. The molecule has 0 spiro atoms. The molecule has 2 amide bonds. The summed E-state index contributed by atoms with van der Waals surface area (Å²) in [7, 11) is 1.77. The number of amides is 2. The molecule has 1 saturated carbocycles. The first-order valence-corrected chi connectivity index (χ1v) is 6.41. The predicted molar refractivity (Wildman–Crippen MR) is 72.2 cm³/mol. The highest BCUT2D eigenvalue weighted by atomic mass is 16.4. The summed E-state index contributed by atoms with van der Waals surface area (Å²) in [6, 6.07) is 9.37. The molecule has 2 rings (SSSR count). The lowest BCUT2D eigenvalue weighted by atomic mass is 10.2. The van der Waals surface area contributed by atoms with Crippen molar-refractivity contribution >= 4 is 17.7 Å². The molecule has 0 atom stereocenters. The molecule has 0 bridgehead atoms. The fraction of sp³-hybridized carbons (Fsp3) is 0.429. The standard InChI is InChI=1S/C14H18N2O3/c1-15(11-7-8-11)14(19)16(10-9-13(17)18)12-5-3-2-4-6-12/h2-6,11H,7-10H2,1H3,(H,17,18). The maximum absolute atomic E-state index is 12.4. The first kappa shape index (κ1) is 13.4.